The molecule has 2 N–H and O–H groups in total. The molecule has 0 atom stereocenters. The highest BCUT2D eigenvalue weighted by Crippen LogP contribution is 2.20. The normalized spacial score (nSPS) is 10.0. The van der Waals surface area contributed by atoms with E-state index in [1.165, 1.54) is 30.3 Å². The van der Waals surface area contributed by atoms with E-state index in [2.05, 4.69) is 5.32 Å². The van der Waals surface area contributed by atoms with Gasteiger partial charge in [0.05, 0.1) is 17.1 Å². The fourth-order valence-corrected chi connectivity index (χ4v) is 1.83. The first-order chi connectivity index (χ1) is 10.4. The van der Waals surface area contributed by atoms with Gasteiger partial charge in [0.1, 0.15) is 0 Å². The molecule has 0 saturated carbocycles. The van der Waals surface area contributed by atoms with E-state index >= 15 is 0 Å². The zero-order valence-electron chi connectivity index (χ0n) is 11.0. The van der Waals surface area contributed by atoms with Crippen LogP contribution in [0.1, 0.15) is 31.1 Å². The number of hydrogen-bond acceptors (Lipinski definition) is 5. The number of hydrogen-bond donors (Lipinski definition) is 2. The molecule has 0 aliphatic heterocycles. The molecule has 2 rings (SSSR count). The van der Waals surface area contributed by atoms with Crippen LogP contribution in [0.4, 0.5) is 5.69 Å². The summed E-state index contributed by atoms with van der Waals surface area (Å²) >= 11 is 0. The van der Waals surface area contributed by atoms with E-state index in [0.29, 0.717) is 0 Å². The van der Waals surface area contributed by atoms with Crippen molar-refractivity contribution < 1.29 is 29.7 Å². The van der Waals surface area contributed by atoms with Gasteiger partial charge in [-0.1, -0.05) is 23.9 Å². The molecule has 0 spiro atoms. The van der Waals surface area contributed by atoms with Gasteiger partial charge in [0.25, 0.3) is 5.91 Å². The fourth-order valence-electron chi connectivity index (χ4n) is 1.83. The number of nitrogens with one attached hydrogen (secondary N) is 1. The molecule has 0 aliphatic carbocycles. The van der Waals surface area contributed by atoms with Crippen molar-refractivity contribution in [1.29, 1.82) is 0 Å². The highest BCUT2D eigenvalue weighted by molar-refractivity contribution is 6.10. The lowest BCUT2D eigenvalue weighted by Gasteiger charge is -2.16. The average molecular weight is 299 g/mol. The van der Waals surface area contributed by atoms with E-state index in [-0.39, 0.29) is 16.8 Å². The Kier molecular flexibility index (Phi) is 4.08. The Bertz CT molecular complexity index is 768. The maximum absolute atomic E-state index is 12.1. The molecule has 0 radical (unpaired) electrons. The highest BCUT2D eigenvalue weighted by atomic mass is 16.4. The van der Waals surface area contributed by atoms with Crippen LogP contribution in [-0.2, 0) is 0 Å². The Balaban J connectivity index is 2.28. The van der Waals surface area contributed by atoms with Crippen LogP contribution in [0.25, 0.3) is 0 Å². The lowest BCUT2D eigenvalue weighted by atomic mass is 10.1. The molecule has 0 heterocycles. The van der Waals surface area contributed by atoms with Crippen molar-refractivity contribution in [2.45, 2.75) is 0 Å². The molecule has 112 valence electrons. The third-order valence-electron chi connectivity index (χ3n) is 2.86. The third-order valence-corrected chi connectivity index (χ3v) is 2.86. The number of carbonyl (C=O) groups is 3. The number of carboxylic acids is 2. The standard InChI is InChI=1S/C15H11NO6/c17-12-7-8(5-6-11(12)15(21)22)16-13(18)9-3-1-2-4-10(9)14(19)20/h1-7,17H,(H,16,18)(H,19,20)(H,21,22)/p-2. The van der Waals surface area contributed by atoms with E-state index in [0.717, 1.165) is 12.1 Å². The molecule has 1 amide bonds. The molecule has 7 heteroatoms. The molecule has 2 aromatic carbocycles. The van der Waals surface area contributed by atoms with Crippen LogP contribution in [0.5, 0.6) is 5.75 Å². The Hall–Kier alpha value is -3.35. The van der Waals surface area contributed by atoms with Crippen LogP contribution in [0.3, 0.4) is 0 Å². The number of rotatable bonds is 4. The van der Waals surface area contributed by atoms with Crippen molar-refractivity contribution in [2.75, 3.05) is 5.32 Å². The summed E-state index contributed by atoms with van der Waals surface area (Å²) in [7, 11) is 0. The second kappa shape index (κ2) is 5.96. The SMILES string of the molecule is O=C([O-])c1ccc(NC(=O)c2ccccc2C(=O)O)cc1[O-]. The predicted molar refractivity (Wildman–Crippen MR) is 71.6 cm³/mol. The van der Waals surface area contributed by atoms with Crippen molar-refractivity contribution in [3.63, 3.8) is 0 Å². The summed E-state index contributed by atoms with van der Waals surface area (Å²) in [5.41, 5.74) is -0.732. The molecule has 0 unspecified atom stereocenters. The minimum atomic E-state index is -1.61. The maximum atomic E-state index is 12.1. The van der Waals surface area contributed by atoms with Gasteiger partial charge < -0.3 is 25.4 Å². The summed E-state index contributed by atoms with van der Waals surface area (Å²) < 4.78 is 0. The molecule has 2 aromatic rings. The topological polar surface area (TPSA) is 130 Å². The summed E-state index contributed by atoms with van der Waals surface area (Å²) in [6.07, 6.45) is 0. The van der Waals surface area contributed by atoms with Gasteiger partial charge in [0.15, 0.2) is 0 Å². The molecule has 0 aliphatic rings. The molecule has 22 heavy (non-hydrogen) atoms. The predicted octanol–water partition coefficient (Wildman–Crippen LogP) is 0.0742. The number of carboxylic acid groups (broad SMARTS) is 2. The number of benzene rings is 2. The maximum Gasteiger partial charge on any atom is 0.336 e. The molecule has 0 fully saturated rings. The Morgan fingerprint density at radius 1 is 0.955 bits per heavy atom. The highest BCUT2D eigenvalue weighted by Gasteiger charge is 2.15. The monoisotopic (exact) mass is 299 g/mol. The van der Waals surface area contributed by atoms with Crippen molar-refractivity contribution in [2.24, 2.45) is 0 Å². The van der Waals surface area contributed by atoms with Gasteiger partial charge in [-0.25, -0.2) is 4.79 Å². The van der Waals surface area contributed by atoms with Crippen molar-refractivity contribution in [1.82, 2.24) is 0 Å². The van der Waals surface area contributed by atoms with Gasteiger partial charge in [-0.05, 0) is 29.8 Å². The zero-order valence-corrected chi connectivity index (χ0v) is 11.0. The summed E-state index contributed by atoms with van der Waals surface area (Å²) in [5, 5.41) is 33.5. The zero-order chi connectivity index (χ0) is 16.3. The van der Waals surface area contributed by atoms with E-state index < -0.39 is 29.2 Å². The van der Waals surface area contributed by atoms with Crippen molar-refractivity contribution >= 4 is 23.5 Å². The van der Waals surface area contributed by atoms with Gasteiger partial charge >= 0.3 is 5.97 Å². The first kappa shape index (κ1) is 15.0. The third kappa shape index (κ3) is 3.04. The van der Waals surface area contributed by atoms with Crippen molar-refractivity contribution in [3.8, 4) is 5.75 Å². The Labute approximate surface area is 124 Å². The first-order valence-electron chi connectivity index (χ1n) is 6.06. The number of amides is 1. The first-order valence-corrected chi connectivity index (χ1v) is 6.06. The Morgan fingerprint density at radius 2 is 1.59 bits per heavy atom. The van der Waals surface area contributed by atoms with Gasteiger partial charge in [-0.2, -0.15) is 0 Å². The van der Waals surface area contributed by atoms with E-state index in [9.17, 15) is 24.6 Å². The van der Waals surface area contributed by atoms with Gasteiger partial charge in [-0.3, -0.25) is 4.79 Å². The summed E-state index contributed by atoms with van der Waals surface area (Å²) in [6, 6.07) is 8.72. The largest absolute Gasteiger partial charge is 0.872 e. The van der Waals surface area contributed by atoms with E-state index in [4.69, 9.17) is 5.11 Å². The fraction of sp³-hybridized carbons (Fsp3) is 0. The number of anilines is 1. The minimum absolute atomic E-state index is 0.0557. The van der Waals surface area contributed by atoms with Crippen LogP contribution in [0.15, 0.2) is 42.5 Å². The molecule has 0 bridgehead atoms. The average Bonchev–Trinajstić information content (AvgIpc) is 2.46. The van der Waals surface area contributed by atoms with Crippen LogP contribution < -0.4 is 15.5 Å². The smallest absolute Gasteiger partial charge is 0.336 e. The second-order valence-corrected chi connectivity index (χ2v) is 4.30. The number of aromatic carboxylic acids is 2. The van der Waals surface area contributed by atoms with Crippen LogP contribution in [-0.4, -0.2) is 23.0 Å². The van der Waals surface area contributed by atoms with Gasteiger partial charge in [-0.15, -0.1) is 0 Å². The second-order valence-electron chi connectivity index (χ2n) is 4.30. The number of carbonyl (C=O) groups excluding carboxylic acids is 2. The molecular weight excluding hydrogens is 290 g/mol. The summed E-state index contributed by atoms with van der Waals surface area (Å²) in [4.78, 5) is 33.7. The van der Waals surface area contributed by atoms with E-state index in [1.807, 2.05) is 0 Å². The van der Waals surface area contributed by atoms with E-state index in [1.54, 1.807) is 0 Å². The molecule has 7 nitrogen and oxygen atoms in total. The molecule has 0 saturated heterocycles. The lowest BCUT2D eigenvalue weighted by molar-refractivity contribution is -0.275. The van der Waals surface area contributed by atoms with Crippen LogP contribution in [0, 0.1) is 0 Å². The van der Waals surface area contributed by atoms with Gasteiger partial charge in [0.2, 0.25) is 0 Å². The summed E-state index contributed by atoms with van der Waals surface area (Å²) in [5.74, 6) is -4.41. The molecule has 0 aromatic heterocycles. The minimum Gasteiger partial charge on any atom is -0.872 e. The van der Waals surface area contributed by atoms with Crippen LogP contribution in [0.2, 0.25) is 0 Å². The van der Waals surface area contributed by atoms with Gasteiger partial charge in [0, 0.05) is 5.69 Å². The molecular formula is C15H9NO6-2. The Morgan fingerprint density at radius 3 is 2.14 bits per heavy atom. The quantitative estimate of drug-likeness (QED) is 0.822. The van der Waals surface area contributed by atoms with Crippen molar-refractivity contribution in [3.05, 3.63) is 59.2 Å². The van der Waals surface area contributed by atoms with Crippen LogP contribution >= 0.6 is 0 Å². The summed E-state index contributed by atoms with van der Waals surface area (Å²) in [6.45, 7) is 0. The lowest BCUT2D eigenvalue weighted by Crippen LogP contribution is -2.24.